The van der Waals surface area contributed by atoms with Crippen LogP contribution in [0.4, 0.5) is 5.69 Å². The van der Waals surface area contributed by atoms with Gasteiger partial charge in [-0.3, -0.25) is 14.9 Å². The van der Waals surface area contributed by atoms with Crippen LogP contribution in [0.15, 0.2) is 59.5 Å². The topological polar surface area (TPSA) is 101 Å². The molecule has 1 amide bonds. The van der Waals surface area contributed by atoms with Gasteiger partial charge in [0.05, 0.1) is 9.82 Å². The van der Waals surface area contributed by atoms with E-state index in [-0.39, 0.29) is 28.4 Å². The Morgan fingerprint density at radius 3 is 2.50 bits per heavy atom. The van der Waals surface area contributed by atoms with Crippen molar-refractivity contribution in [2.75, 3.05) is 19.6 Å². The lowest BCUT2D eigenvalue weighted by atomic mass is 9.85. The molecule has 2 aromatic rings. The number of benzene rings is 2. The summed E-state index contributed by atoms with van der Waals surface area (Å²) in [7, 11) is -3.85. The highest BCUT2D eigenvalue weighted by atomic mass is 32.2. The third-order valence-electron chi connectivity index (χ3n) is 6.46. The monoisotopic (exact) mass is 457 g/mol. The van der Waals surface area contributed by atoms with E-state index in [0.717, 1.165) is 31.7 Å². The first-order chi connectivity index (χ1) is 15.4. The van der Waals surface area contributed by atoms with Crippen LogP contribution in [0.25, 0.3) is 0 Å². The van der Waals surface area contributed by atoms with E-state index in [4.69, 9.17) is 0 Å². The largest absolute Gasteiger partial charge is 0.335 e. The van der Waals surface area contributed by atoms with Crippen LogP contribution in [0, 0.1) is 16.0 Å². The van der Waals surface area contributed by atoms with Crippen LogP contribution < -0.4 is 0 Å². The van der Waals surface area contributed by atoms with Crippen LogP contribution in [0.5, 0.6) is 0 Å². The summed E-state index contributed by atoms with van der Waals surface area (Å²) in [5, 5.41) is 11.1. The van der Waals surface area contributed by atoms with Crippen LogP contribution in [0.2, 0.25) is 0 Å². The Morgan fingerprint density at radius 1 is 0.969 bits per heavy atom. The van der Waals surface area contributed by atoms with E-state index in [1.54, 1.807) is 0 Å². The fourth-order valence-electron chi connectivity index (χ4n) is 4.86. The van der Waals surface area contributed by atoms with Gasteiger partial charge in [-0.05, 0) is 56.2 Å². The first-order valence-corrected chi connectivity index (χ1v) is 12.4. The Balaban J connectivity index is 1.55. The summed E-state index contributed by atoms with van der Waals surface area (Å²) in [6, 6.07) is 14.4. The second-order valence-corrected chi connectivity index (χ2v) is 10.4. The molecule has 8 nitrogen and oxygen atoms in total. The molecule has 0 unspecified atom stereocenters. The molecule has 0 saturated carbocycles. The molecule has 0 aliphatic carbocycles. The van der Waals surface area contributed by atoms with Crippen molar-refractivity contribution in [2.45, 2.75) is 43.0 Å². The van der Waals surface area contributed by atoms with Gasteiger partial charge in [-0.15, -0.1) is 0 Å². The fourth-order valence-corrected chi connectivity index (χ4v) is 6.43. The Labute approximate surface area is 188 Å². The van der Waals surface area contributed by atoms with E-state index in [9.17, 15) is 23.3 Å². The smallest absolute Gasteiger partial charge is 0.270 e. The molecule has 2 fully saturated rings. The molecule has 9 heteroatoms. The number of nitro groups is 1. The number of amides is 1. The Bertz CT molecular complexity index is 1090. The third-order valence-corrected chi connectivity index (χ3v) is 8.32. The minimum absolute atomic E-state index is 0.00559. The highest BCUT2D eigenvalue weighted by molar-refractivity contribution is 7.89. The molecule has 0 N–H and O–H groups in total. The normalized spacial score (nSPS) is 22.4. The average Bonchev–Trinajstić information content (AvgIpc) is 2.84. The number of sulfonamides is 1. The minimum atomic E-state index is -3.85. The number of hydrogen-bond acceptors (Lipinski definition) is 5. The van der Waals surface area contributed by atoms with Gasteiger partial charge in [0.25, 0.3) is 11.6 Å². The van der Waals surface area contributed by atoms with E-state index in [1.807, 2.05) is 35.2 Å². The van der Waals surface area contributed by atoms with Crippen molar-refractivity contribution in [3.8, 4) is 0 Å². The van der Waals surface area contributed by atoms with E-state index in [1.165, 1.54) is 22.5 Å². The first kappa shape index (κ1) is 22.4. The molecule has 2 atom stereocenters. The molecule has 0 aromatic heterocycles. The zero-order valence-corrected chi connectivity index (χ0v) is 18.6. The van der Waals surface area contributed by atoms with Gasteiger partial charge < -0.3 is 4.90 Å². The van der Waals surface area contributed by atoms with Crippen molar-refractivity contribution >= 4 is 21.6 Å². The third kappa shape index (κ3) is 4.54. The number of nitrogens with zero attached hydrogens (tertiary/aromatic N) is 3. The second kappa shape index (κ2) is 9.38. The summed E-state index contributed by atoms with van der Waals surface area (Å²) < 4.78 is 27.9. The maximum atomic E-state index is 13.3. The molecule has 4 rings (SSSR count). The SMILES string of the molecule is O=C(c1ccccc1)N1CCCC[C@H]1[C@@H]1CCCN(S(=O)(=O)c2cccc([N+](=O)[O-])c2)C1. The molecule has 2 aliphatic rings. The van der Waals surface area contributed by atoms with Crippen molar-refractivity contribution in [1.82, 2.24) is 9.21 Å². The summed E-state index contributed by atoms with van der Waals surface area (Å²) in [6.07, 6.45) is 4.36. The molecule has 0 bridgehead atoms. The van der Waals surface area contributed by atoms with Crippen molar-refractivity contribution in [2.24, 2.45) is 5.92 Å². The van der Waals surface area contributed by atoms with Crippen molar-refractivity contribution in [3.05, 3.63) is 70.3 Å². The number of carbonyl (C=O) groups is 1. The summed E-state index contributed by atoms with van der Waals surface area (Å²) in [5.74, 6) is 0.0270. The lowest BCUT2D eigenvalue weighted by molar-refractivity contribution is -0.385. The maximum Gasteiger partial charge on any atom is 0.270 e. The molecule has 0 spiro atoms. The van der Waals surface area contributed by atoms with Crippen LogP contribution >= 0.6 is 0 Å². The number of hydrogen-bond donors (Lipinski definition) is 0. The molecule has 170 valence electrons. The highest BCUT2D eigenvalue weighted by Gasteiger charge is 2.38. The molecule has 32 heavy (non-hydrogen) atoms. The fraction of sp³-hybridized carbons (Fsp3) is 0.435. The Kier molecular flexibility index (Phi) is 6.57. The highest BCUT2D eigenvalue weighted by Crippen LogP contribution is 2.33. The minimum Gasteiger partial charge on any atom is -0.335 e. The summed E-state index contributed by atoms with van der Waals surface area (Å²) >= 11 is 0. The molecular weight excluding hydrogens is 430 g/mol. The predicted molar refractivity (Wildman–Crippen MR) is 120 cm³/mol. The summed E-state index contributed by atoms with van der Waals surface area (Å²) in [6.45, 7) is 1.36. The van der Waals surface area contributed by atoms with E-state index >= 15 is 0 Å². The van der Waals surface area contributed by atoms with Crippen molar-refractivity contribution < 1.29 is 18.1 Å². The quantitative estimate of drug-likeness (QED) is 0.503. The lowest BCUT2D eigenvalue weighted by Crippen LogP contribution is -2.52. The van der Waals surface area contributed by atoms with E-state index in [2.05, 4.69) is 0 Å². The predicted octanol–water partition coefficient (Wildman–Crippen LogP) is 3.69. The number of carbonyl (C=O) groups excluding carboxylic acids is 1. The molecular formula is C23H27N3O5S. The van der Waals surface area contributed by atoms with Gasteiger partial charge in [0.1, 0.15) is 0 Å². The number of piperidine rings is 2. The molecule has 2 heterocycles. The van der Waals surface area contributed by atoms with Gasteiger partial charge in [-0.25, -0.2) is 8.42 Å². The number of non-ortho nitro benzene ring substituents is 1. The number of likely N-dealkylation sites (tertiary alicyclic amines) is 1. The molecule has 0 radical (unpaired) electrons. The lowest BCUT2D eigenvalue weighted by Gasteiger charge is -2.44. The molecule has 2 saturated heterocycles. The van der Waals surface area contributed by atoms with Crippen molar-refractivity contribution in [3.63, 3.8) is 0 Å². The second-order valence-electron chi connectivity index (χ2n) is 8.45. The van der Waals surface area contributed by atoms with Crippen LogP contribution in [0.3, 0.4) is 0 Å². The Morgan fingerprint density at radius 2 is 1.75 bits per heavy atom. The zero-order chi connectivity index (χ0) is 22.7. The number of nitro benzene ring substituents is 1. The van der Waals surface area contributed by atoms with Gasteiger partial charge in [0.15, 0.2) is 0 Å². The van der Waals surface area contributed by atoms with Crippen LogP contribution in [-0.2, 0) is 10.0 Å². The Hall–Kier alpha value is -2.78. The van der Waals surface area contributed by atoms with Crippen LogP contribution in [-0.4, -0.2) is 54.1 Å². The summed E-state index contributed by atoms with van der Waals surface area (Å²) in [5.41, 5.74) is 0.405. The van der Waals surface area contributed by atoms with E-state index < -0.39 is 14.9 Å². The van der Waals surface area contributed by atoms with Crippen molar-refractivity contribution in [1.29, 1.82) is 0 Å². The van der Waals surface area contributed by atoms with Gasteiger partial charge in [0, 0.05) is 43.4 Å². The zero-order valence-electron chi connectivity index (χ0n) is 17.8. The molecule has 2 aliphatic heterocycles. The number of rotatable bonds is 5. The van der Waals surface area contributed by atoms with Crippen LogP contribution in [0.1, 0.15) is 42.5 Å². The maximum absolute atomic E-state index is 13.3. The van der Waals surface area contributed by atoms with Gasteiger partial charge in [-0.1, -0.05) is 24.3 Å². The average molecular weight is 458 g/mol. The van der Waals surface area contributed by atoms with Gasteiger partial charge in [-0.2, -0.15) is 4.31 Å². The standard InChI is InChI=1S/C23H27N3O5S/c27-23(18-8-2-1-3-9-18)25-15-5-4-13-22(25)19-10-7-14-24(17-19)32(30,31)21-12-6-11-20(16-21)26(28)29/h1-3,6,8-9,11-12,16,19,22H,4-5,7,10,13-15,17H2/t19-,22+/m1/s1. The molecule has 2 aromatic carbocycles. The first-order valence-electron chi connectivity index (χ1n) is 11.0. The van der Waals surface area contributed by atoms with Gasteiger partial charge >= 0.3 is 0 Å². The van der Waals surface area contributed by atoms with Gasteiger partial charge in [0.2, 0.25) is 10.0 Å². The summed E-state index contributed by atoms with van der Waals surface area (Å²) in [4.78, 5) is 25.5. The van der Waals surface area contributed by atoms with E-state index in [0.29, 0.717) is 31.6 Å².